The van der Waals surface area contributed by atoms with Crippen LogP contribution in [0.5, 0.6) is 0 Å². The van der Waals surface area contributed by atoms with Crippen LogP contribution in [-0.4, -0.2) is 41.2 Å². The van der Waals surface area contributed by atoms with Crippen molar-refractivity contribution in [1.29, 1.82) is 0 Å². The van der Waals surface area contributed by atoms with E-state index in [1.54, 1.807) is 20.8 Å². The molecule has 4 saturated carbocycles. The number of nitrogens with one attached hydrogen (secondary N) is 2. The second kappa shape index (κ2) is 11.4. The molecule has 0 aromatic rings. The van der Waals surface area contributed by atoms with Gasteiger partial charge in [0.15, 0.2) is 5.78 Å². The summed E-state index contributed by atoms with van der Waals surface area (Å²) in [6, 6.07) is 0. The van der Waals surface area contributed by atoms with Gasteiger partial charge in [-0.1, -0.05) is 48.5 Å². The Morgan fingerprint density at radius 2 is 1.49 bits per heavy atom. The molecule has 5 aliphatic rings. The number of rotatable bonds is 4. The summed E-state index contributed by atoms with van der Waals surface area (Å²) in [5, 5.41) is 0. The first-order chi connectivity index (χ1) is 21.5. The van der Waals surface area contributed by atoms with Crippen molar-refractivity contribution in [2.45, 2.75) is 146 Å². The predicted octanol–water partition coefficient (Wildman–Crippen LogP) is 7.02. The molecule has 0 bridgehead atoms. The topological polar surface area (TPSA) is 128 Å². The van der Waals surface area contributed by atoms with Gasteiger partial charge in [0.05, 0.1) is 5.41 Å². The minimum absolute atomic E-state index is 0.00228. The highest BCUT2D eigenvalue weighted by Crippen LogP contribution is 2.76. The summed E-state index contributed by atoms with van der Waals surface area (Å²) >= 11 is 0. The van der Waals surface area contributed by atoms with Gasteiger partial charge in [0.2, 0.25) is 5.78 Å². The number of carbonyl (C=O) groups is 5. The van der Waals surface area contributed by atoms with E-state index in [0.717, 1.165) is 56.1 Å². The molecule has 262 valence electrons. The summed E-state index contributed by atoms with van der Waals surface area (Å²) in [7, 11) is 0. The van der Waals surface area contributed by atoms with E-state index in [-0.39, 0.29) is 57.8 Å². The van der Waals surface area contributed by atoms with Crippen LogP contribution in [0.3, 0.4) is 0 Å². The van der Waals surface area contributed by atoms with Gasteiger partial charge in [0, 0.05) is 18.8 Å². The molecule has 0 saturated heterocycles. The van der Waals surface area contributed by atoms with Crippen molar-refractivity contribution < 1.29 is 33.4 Å². The van der Waals surface area contributed by atoms with Crippen LogP contribution in [0, 0.1) is 50.7 Å². The lowest BCUT2D eigenvalue weighted by Crippen LogP contribution is -2.66. The Morgan fingerprint density at radius 3 is 2.09 bits per heavy atom. The van der Waals surface area contributed by atoms with Gasteiger partial charge in [0.25, 0.3) is 0 Å². The van der Waals surface area contributed by atoms with Gasteiger partial charge in [-0.05, 0) is 123 Å². The fourth-order valence-electron chi connectivity index (χ4n) is 12.0. The molecule has 47 heavy (non-hydrogen) atoms. The van der Waals surface area contributed by atoms with E-state index in [1.807, 2.05) is 13.8 Å². The Morgan fingerprint density at radius 1 is 0.830 bits per heavy atom. The highest BCUT2D eigenvalue weighted by atomic mass is 16.6. The molecule has 8 atom stereocenters. The Kier molecular flexibility index (Phi) is 8.66. The summed E-state index contributed by atoms with van der Waals surface area (Å²) < 4.78 is 11.1. The standard InChI is InChI=1S/C38H58N2O7/c1-21(2)28-24(42)20-38(30(43)31(44)39-40-32(45)47-33(4,5)6)19-18-36(10)23(29(28)38)12-13-26-35(9)16-15-27(46-22(3)41)34(7,8)25(35)14-17-37(26,36)11/h21,23,25-27H,12-20H2,1-11H3,(H,39,44)(H,40,45)/t23-,25+,26-,27+,35+,36-,37-,38-/m1/s1. The smallest absolute Gasteiger partial charge is 0.426 e. The number of fused-ring (bicyclic) bond motifs is 7. The molecular formula is C38H58N2O7. The molecule has 9 nitrogen and oxygen atoms in total. The highest BCUT2D eigenvalue weighted by molar-refractivity contribution is 6.40. The number of hydrogen-bond acceptors (Lipinski definition) is 7. The van der Waals surface area contributed by atoms with Crippen LogP contribution in [-0.2, 0) is 28.7 Å². The summed E-state index contributed by atoms with van der Waals surface area (Å²) in [4.78, 5) is 65.8. The maximum Gasteiger partial charge on any atom is 0.426 e. The van der Waals surface area contributed by atoms with E-state index in [0.29, 0.717) is 18.3 Å². The van der Waals surface area contributed by atoms with Gasteiger partial charge in [-0.15, -0.1) is 0 Å². The Hall–Kier alpha value is -2.71. The number of amides is 2. The van der Waals surface area contributed by atoms with E-state index >= 15 is 0 Å². The minimum atomic E-state index is -1.20. The molecule has 0 radical (unpaired) electrons. The first-order valence-electron chi connectivity index (χ1n) is 17.8. The van der Waals surface area contributed by atoms with Crippen molar-refractivity contribution in [3.63, 3.8) is 0 Å². The van der Waals surface area contributed by atoms with Crippen LogP contribution in [0.4, 0.5) is 4.79 Å². The van der Waals surface area contributed by atoms with E-state index in [1.165, 1.54) is 6.92 Å². The van der Waals surface area contributed by atoms with E-state index < -0.39 is 28.8 Å². The molecule has 0 aromatic heterocycles. The molecule has 0 aliphatic heterocycles. The van der Waals surface area contributed by atoms with Crippen LogP contribution in [0.2, 0.25) is 0 Å². The van der Waals surface area contributed by atoms with Gasteiger partial charge in [-0.25, -0.2) is 10.2 Å². The molecule has 5 aliphatic carbocycles. The molecule has 0 heterocycles. The molecule has 5 rings (SSSR count). The Bertz CT molecular complexity index is 1410. The molecule has 9 heteroatoms. The SMILES string of the molecule is CC(=O)O[C@H]1CC[C@]2(C)[C@H]3CC[C@@H]4C5=C(C(C)C)C(=O)C[C@]5(C(=O)C(=O)NNC(=O)OC(C)(C)C)CC[C@@]4(C)[C@]3(C)CC[C@H]2C1(C)C. The van der Waals surface area contributed by atoms with Crippen molar-refractivity contribution in [1.82, 2.24) is 10.9 Å². The lowest BCUT2D eigenvalue weighted by Gasteiger charge is -2.72. The van der Waals surface area contributed by atoms with Crippen molar-refractivity contribution in [2.24, 2.45) is 50.7 Å². The second-order valence-corrected chi connectivity index (χ2v) is 18.1. The zero-order valence-corrected chi connectivity index (χ0v) is 30.6. The third-order valence-corrected chi connectivity index (χ3v) is 14.0. The quantitative estimate of drug-likeness (QED) is 0.189. The predicted molar refractivity (Wildman–Crippen MR) is 178 cm³/mol. The number of hydrogen-bond donors (Lipinski definition) is 2. The number of carbonyl (C=O) groups excluding carboxylic acids is 5. The molecule has 4 fully saturated rings. The Labute approximate surface area is 281 Å². The van der Waals surface area contributed by atoms with Crippen molar-refractivity contribution in [3.8, 4) is 0 Å². The van der Waals surface area contributed by atoms with Gasteiger partial charge < -0.3 is 9.47 Å². The normalized spacial score (nSPS) is 39.2. The molecule has 0 aromatic carbocycles. The van der Waals surface area contributed by atoms with Crippen molar-refractivity contribution in [2.75, 3.05) is 0 Å². The first-order valence-corrected chi connectivity index (χ1v) is 17.8. The highest BCUT2D eigenvalue weighted by Gasteiger charge is 2.71. The number of allylic oxidation sites excluding steroid dienone is 2. The van der Waals surface area contributed by atoms with E-state index in [9.17, 15) is 24.0 Å². The van der Waals surface area contributed by atoms with Crippen molar-refractivity contribution in [3.05, 3.63) is 11.1 Å². The summed E-state index contributed by atoms with van der Waals surface area (Å²) in [5.74, 6) is -1.04. The van der Waals surface area contributed by atoms with Gasteiger partial charge in [0.1, 0.15) is 11.7 Å². The lowest BCUT2D eigenvalue weighted by atomic mass is 9.33. The van der Waals surface area contributed by atoms with Crippen molar-refractivity contribution >= 4 is 29.5 Å². The van der Waals surface area contributed by atoms with Crippen LogP contribution in [0.1, 0.15) is 134 Å². The molecule has 2 N–H and O–H groups in total. The lowest BCUT2D eigenvalue weighted by molar-refractivity contribution is -0.232. The molecule has 0 unspecified atom stereocenters. The largest absolute Gasteiger partial charge is 0.462 e. The van der Waals surface area contributed by atoms with Crippen LogP contribution in [0.25, 0.3) is 0 Å². The average Bonchev–Trinajstić information content (AvgIpc) is 3.25. The number of ether oxygens (including phenoxy) is 2. The third-order valence-electron chi connectivity index (χ3n) is 14.0. The maximum atomic E-state index is 14.2. The van der Waals surface area contributed by atoms with Crippen LogP contribution < -0.4 is 10.9 Å². The van der Waals surface area contributed by atoms with E-state index in [2.05, 4.69) is 45.5 Å². The summed E-state index contributed by atoms with van der Waals surface area (Å²) in [5.41, 5.74) is 3.89. The monoisotopic (exact) mass is 654 g/mol. The molecule has 2 amide bonds. The summed E-state index contributed by atoms with van der Waals surface area (Å²) in [6.45, 7) is 22.6. The average molecular weight is 655 g/mol. The van der Waals surface area contributed by atoms with Crippen LogP contribution >= 0.6 is 0 Å². The zero-order valence-electron chi connectivity index (χ0n) is 30.6. The number of Topliss-reactive ketones (excluding diaryl/α,β-unsaturated/α-hetero) is 2. The number of hydrazine groups is 1. The van der Waals surface area contributed by atoms with Gasteiger partial charge in [-0.2, -0.15) is 0 Å². The fraction of sp³-hybridized carbons (Fsp3) is 0.816. The van der Waals surface area contributed by atoms with Gasteiger partial charge in [-0.3, -0.25) is 24.6 Å². The maximum absolute atomic E-state index is 14.2. The first kappa shape index (κ1) is 35.6. The van der Waals surface area contributed by atoms with Crippen LogP contribution in [0.15, 0.2) is 11.1 Å². The fourth-order valence-corrected chi connectivity index (χ4v) is 12.0. The molecular weight excluding hydrogens is 596 g/mol. The molecule has 0 spiro atoms. The number of ketones is 2. The minimum Gasteiger partial charge on any atom is -0.462 e. The second-order valence-electron chi connectivity index (χ2n) is 18.1. The summed E-state index contributed by atoms with van der Waals surface area (Å²) in [6.07, 6.45) is 6.00. The number of esters is 1. The Balaban J connectivity index is 1.49. The third kappa shape index (κ3) is 5.36. The van der Waals surface area contributed by atoms with Gasteiger partial charge >= 0.3 is 18.0 Å². The van der Waals surface area contributed by atoms with E-state index in [4.69, 9.17) is 9.47 Å². The zero-order chi connectivity index (χ0) is 35.1.